The number of halogens is 1. The third-order valence-electron chi connectivity index (χ3n) is 10.7. The van der Waals surface area contributed by atoms with E-state index in [2.05, 4.69) is 24.5 Å². The minimum Gasteiger partial charge on any atom is -0.496 e. The molecule has 6 rings (SSSR count). The van der Waals surface area contributed by atoms with Crippen LogP contribution in [0.3, 0.4) is 0 Å². The molecule has 2 aromatic carbocycles. The molecule has 2 aromatic rings. The molecule has 2 unspecified atom stereocenters. The van der Waals surface area contributed by atoms with Crippen molar-refractivity contribution in [3.05, 3.63) is 58.4 Å². The average Bonchev–Trinajstić information content (AvgIpc) is 3.42. The Hall–Kier alpha value is -4.35. The molecule has 286 valence electrons. The topological polar surface area (TPSA) is 154 Å². The number of ether oxygens (including phenoxy) is 4. The highest BCUT2D eigenvalue weighted by atomic mass is 19.1. The average molecular weight is 736 g/mol. The number of hydrogen-bond donors (Lipinski definition) is 2. The smallest absolute Gasteiger partial charge is 0.482 e. The van der Waals surface area contributed by atoms with Crippen LogP contribution in [-0.2, 0) is 30.0 Å². The van der Waals surface area contributed by atoms with Crippen molar-refractivity contribution in [1.82, 2.24) is 10.6 Å². The van der Waals surface area contributed by atoms with Gasteiger partial charge in [0.1, 0.15) is 46.2 Å². The molecule has 1 heterocycles. The predicted molar refractivity (Wildman–Crippen MR) is 194 cm³/mol. The van der Waals surface area contributed by atoms with Crippen molar-refractivity contribution in [1.29, 1.82) is 5.26 Å². The molecule has 2 bridgehead atoms. The van der Waals surface area contributed by atoms with Crippen molar-refractivity contribution in [3.8, 4) is 17.6 Å². The fourth-order valence-corrected chi connectivity index (χ4v) is 8.03. The van der Waals surface area contributed by atoms with E-state index in [9.17, 15) is 19.6 Å². The molecule has 53 heavy (non-hydrogen) atoms. The number of hydrogen-bond acceptors (Lipinski definition) is 10. The van der Waals surface area contributed by atoms with Crippen LogP contribution in [0.2, 0.25) is 0 Å². The van der Waals surface area contributed by atoms with Gasteiger partial charge in [-0.2, -0.15) is 5.26 Å². The van der Waals surface area contributed by atoms with E-state index in [0.717, 1.165) is 25.0 Å². The van der Waals surface area contributed by atoms with Crippen molar-refractivity contribution in [2.75, 3.05) is 14.2 Å². The Kier molecular flexibility index (Phi) is 10.9. The summed E-state index contributed by atoms with van der Waals surface area (Å²) in [6.07, 6.45) is 0.601. The molecule has 4 aliphatic rings. The summed E-state index contributed by atoms with van der Waals surface area (Å²) < 4.78 is 51.2. The summed E-state index contributed by atoms with van der Waals surface area (Å²) in [7, 11) is 1.75. The summed E-state index contributed by atoms with van der Waals surface area (Å²) in [5, 5.41) is 15.3. The third-order valence-corrected chi connectivity index (χ3v) is 10.7. The lowest BCUT2D eigenvalue weighted by atomic mass is 9.43. The Balaban J connectivity index is 1.55. The molecule has 0 aromatic heterocycles. The molecule has 6 atom stereocenters. The van der Waals surface area contributed by atoms with Gasteiger partial charge < -0.3 is 38.9 Å². The van der Waals surface area contributed by atoms with Gasteiger partial charge in [-0.15, -0.1) is 0 Å². The lowest BCUT2D eigenvalue weighted by Crippen LogP contribution is -2.65. The van der Waals surface area contributed by atoms with Crippen LogP contribution in [0, 0.1) is 34.4 Å². The number of carbonyl (C=O) groups is 3. The van der Waals surface area contributed by atoms with Crippen molar-refractivity contribution in [2.45, 2.75) is 116 Å². The SMILES string of the molecule is COc1cc(F)c(C(NC(=O)OC(C)(C)C)C(=O)NC(Cc2cccc(C(=O)OC(C)(C)C)c2OC)B2O[C@@H]3C[C@@H]4C[C@@H](C4(C)C)[C@]3(C)O2)cc1C#N. The standard InChI is InChI=1S/C39H51BFN3O9/c1-36(2,3)50-34(46)24-14-12-13-21(32(24)49-11)16-30(40-52-29-18-23-17-28(38(23,7)8)39(29,9)53-40)43-33(45)31(44-35(47)51-37(4,5)6)25-15-22(20-42)27(48-10)19-26(25)41/h12-15,19,23,28-31H,16-18H2,1-11H3,(H,43,45)(H,44,47)/t23-,28-,29+,30?,31?,39-/m0/s1. The maximum absolute atomic E-state index is 15.8. The summed E-state index contributed by atoms with van der Waals surface area (Å²) in [5.41, 5.74) is -1.91. The van der Waals surface area contributed by atoms with Crippen LogP contribution in [-0.4, -0.2) is 68.2 Å². The fraction of sp³-hybridized carbons (Fsp3) is 0.590. The predicted octanol–water partition coefficient (Wildman–Crippen LogP) is 6.23. The Morgan fingerprint density at radius 1 is 1.02 bits per heavy atom. The Bertz CT molecular complexity index is 1800. The number of rotatable bonds is 10. The van der Waals surface area contributed by atoms with E-state index in [1.165, 1.54) is 14.2 Å². The first kappa shape index (κ1) is 39.9. The highest BCUT2D eigenvalue weighted by Gasteiger charge is 2.68. The van der Waals surface area contributed by atoms with Crippen molar-refractivity contribution in [3.63, 3.8) is 0 Å². The molecule has 4 fully saturated rings. The van der Waals surface area contributed by atoms with Crippen molar-refractivity contribution < 1.29 is 47.0 Å². The van der Waals surface area contributed by atoms with Crippen LogP contribution in [0.25, 0.3) is 0 Å². The van der Waals surface area contributed by atoms with E-state index in [4.69, 9.17) is 28.3 Å². The number of nitrogens with one attached hydrogen (secondary N) is 2. The Morgan fingerprint density at radius 2 is 1.70 bits per heavy atom. The lowest BCUT2D eigenvalue weighted by molar-refractivity contribution is -0.199. The van der Waals surface area contributed by atoms with E-state index < -0.39 is 59.7 Å². The van der Waals surface area contributed by atoms with E-state index in [1.54, 1.807) is 59.7 Å². The van der Waals surface area contributed by atoms with Crippen LogP contribution in [0.15, 0.2) is 30.3 Å². The van der Waals surface area contributed by atoms with Gasteiger partial charge in [0, 0.05) is 11.6 Å². The Morgan fingerprint density at radius 3 is 2.28 bits per heavy atom. The van der Waals surface area contributed by atoms with Crippen molar-refractivity contribution >= 4 is 25.1 Å². The lowest BCUT2D eigenvalue weighted by Gasteiger charge is -2.64. The zero-order valence-corrected chi connectivity index (χ0v) is 32.5. The molecule has 14 heteroatoms. The second kappa shape index (κ2) is 14.5. The second-order valence-electron chi connectivity index (χ2n) is 16.9. The van der Waals surface area contributed by atoms with Crippen LogP contribution >= 0.6 is 0 Å². The molecule has 1 saturated heterocycles. The minimum absolute atomic E-state index is 0.0371. The molecule has 2 amide bonds. The van der Waals surface area contributed by atoms with Gasteiger partial charge in [0.15, 0.2) is 0 Å². The number of nitriles is 1. The molecule has 0 spiro atoms. The molecule has 3 aliphatic carbocycles. The third kappa shape index (κ3) is 8.11. The Labute approximate surface area is 311 Å². The van der Waals surface area contributed by atoms with E-state index in [1.807, 2.05) is 13.0 Å². The van der Waals surface area contributed by atoms with Gasteiger partial charge in [0.05, 0.1) is 37.4 Å². The molecular weight excluding hydrogens is 684 g/mol. The molecular formula is C39H51BFN3O9. The molecule has 1 aliphatic heterocycles. The summed E-state index contributed by atoms with van der Waals surface area (Å²) >= 11 is 0. The number of esters is 1. The van der Waals surface area contributed by atoms with Crippen LogP contribution < -0.4 is 20.1 Å². The monoisotopic (exact) mass is 735 g/mol. The van der Waals surface area contributed by atoms with Crippen molar-refractivity contribution in [2.24, 2.45) is 17.3 Å². The normalized spacial score (nSPS) is 24.1. The molecule has 3 saturated carbocycles. The van der Waals surface area contributed by atoms with Crippen LogP contribution in [0.1, 0.15) is 108 Å². The zero-order chi connectivity index (χ0) is 39.3. The zero-order valence-electron chi connectivity index (χ0n) is 32.5. The summed E-state index contributed by atoms with van der Waals surface area (Å²) in [4.78, 5) is 40.9. The molecule has 0 radical (unpaired) electrons. The minimum atomic E-state index is -1.66. The molecule has 12 nitrogen and oxygen atoms in total. The first-order chi connectivity index (χ1) is 24.6. The van der Waals surface area contributed by atoms with E-state index in [-0.39, 0.29) is 52.0 Å². The van der Waals surface area contributed by atoms with Crippen LogP contribution in [0.4, 0.5) is 9.18 Å². The second-order valence-corrected chi connectivity index (χ2v) is 16.9. The van der Waals surface area contributed by atoms with Gasteiger partial charge in [-0.05, 0) is 103 Å². The maximum Gasteiger partial charge on any atom is 0.482 e. The number of benzene rings is 2. The summed E-state index contributed by atoms with van der Waals surface area (Å²) in [6, 6.07) is 7.47. The largest absolute Gasteiger partial charge is 0.496 e. The van der Waals surface area contributed by atoms with Crippen LogP contribution in [0.5, 0.6) is 11.5 Å². The maximum atomic E-state index is 15.8. The van der Waals surface area contributed by atoms with Gasteiger partial charge in [0.2, 0.25) is 5.91 Å². The van der Waals surface area contributed by atoms with Gasteiger partial charge in [-0.25, -0.2) is 14.0 Å². The quantitative estimate of drug-likeness (QED) is 0.212. The summed E-state index contributed by atoms with van der Waals surface area (Å²) in [6.45, 7) is 16.8. The van der Waals surface area contributed by atoms with Gasteiger partial charge in [0.25, 0.3) is 0 Å². The molecule has 2 N–H and O–H groups in total. The first-order valence-corrected chi connectivity index (χ1v) is 17.9. The van der Waals surface area contributed by atoms with Gasteiger partial charge >= 0.3 is 19.2 Å². The van der Waals surface area contributed by atoms with Gasteiger partial charge in [-0.3, -0.25) is 4.79 Å². The first-order valence-electron chi connectivity index (χ1n) is 17.9. The number of para-hydroxylation sites is 1. The van der Waals surface area contributed by atoms with E-state index >= 15 is 4.39 Å². The highest BCUT2D eigenvalue weighted by Crippen LogP contribution is 2.65. The number of nitrogens with zero attached hydrogens (tertiary/aromatic N) is 1. The number of carbonyl (C=O) groups excluding carboxylic acids is 3. The summed E-state index contributed by atoms with van der Waals surface area (Å²) in [5.74, 6) is -2.37. The fourth-order valence-electron chi connectivity index (χ4n) is 8.03. The number of alkyl carbamates (subject to hydrolysis) is 1. The van der Waals surface area contributed by atoms with E-state index in [0.29, 0.717) is 11.5 Å². The highest BCUT2D eigenvalue weighted by molar-refractivity contribution is 6.48. The number of methoxy groups -OCH3 is 2. The van der Waals surface area contributed by atoms with Gasteiger partial charge in [-0.1, -0.05) is 26.0 Å². The number of amides is 2.